The van der Waals surface area contributed by atoms with Crippen LogP contribution in [0.2, 0.25) is 10.0 Å². The van der Waals surface area contributed by atoms with Crippen LogP contribution in [0.15, 0.2) is 24.4 Å². The third-order valence-corrected chi connectivity index (χ3v) is 7.92. The normalized spacial score (nSPS) is 23.0. The lowest BCUT2D eigenvalue weighted by Gasteiger charge is -2.46. The number of nitrogens with one attached hydrogen (secondary N) is 3. The zero-order valence-corrected chi connectivity index (χ0v) is 23.0. The molecule has 0 radical (unpaired) electrons. The number of carbonyl (C=O) groups excluding carboxylic acids is 1. The van der Waals surface area contributed by atoms with Crippen LogP contribution in [-0.2, 0) is 11.3 Å². The van der Waals surface area contributed by atoms with Gasteiger partial charge in [0.25, 0.3) is 0 Å². The number of hydrogen-bond donors (Lipinski definition) is 3. The zero-order chi connectivity index (χ0) is 26.6. The predicted octanol–water partition coefficient (Wildman–Crippen LogP) is 6.40. The van der Waals surface area contributed by atoms with Crippen molar-refractivity contribution in [2.24, 2.45) is 17.8 Å². The Morgan fingerprint density at radius 1 is 1.19 bits per heavy atom. The molecule has 2 saturated carbocycles. The Labute approximate surface area is 228 Å². The fourth-order valence-electron chi connectivity index (χ4n) is 5.50. The number of rotatable bonds is 7. The zero-order valence-electron chi connectivity index (χ0n) is 21.5. The average Bonchev–Trinajstić information content (AvgIpc) is 2.82. The Bertz CT molecular complexity index is 1150. The summed E-state index contributed by atoms with van der Waals surface area (Å²) in [6.07, 6.45) is 6.61. The summed E-state index contributed by atoms with van der Waals surface area (Å²) in [5.74, 6) is 2.19. The highest BCUT2D eigenvalue weighted by molar-refractivity contribution is 6.42. The predicted molar refractivity (Wildman–Crippen MR) is 146 cm³/mol. The second-order valence-corrected chi connectivity index (χ2v) is 11.8. The van der Waals surface area contributed by atoms with Gasteiger partial charge < -0.3 is 20.7 Å². The maximum atomic E-state index is 12.4. The minimum absolute atomic E-state index is 0.155. The summed E-state index contributed by atoms with van der Waals surface area (Å²) in [7, 11) is 0. The van der Waals surface area contributed by atoms with Gasteiger partial charge in [-0.2, -0.15) is 10.2 Å². The number of nitriles is 1. The van der Waals surface area contributed by atoms with Crippen molar-refractivity contribution in [1.82, 2.24) is 15.3 Å². The molecule has 4 atom stereocenters. The molecule has 2 bridgehead atoms. The first-order valence-electron chi connectivity index (χ1n) is 12.8. The molecule has 198 valence electrons. The van der Waals surface area contributed by atoms with E-state index in [0.717, 1.165) is 31.2 Å². The molecule has 2 aliphatic rings. The first kappa shape index (κ1) is 27.3. The number of fused-ring (bicyclic) bond motifs is 2. The molecule has 4 rings (SSSR count). The van der Waals surface area contributed by atoms with Gasteiger partial charge in [0.2, 0.25) is 5.95 Å². The van der Waals surface area contributed by atoms with Gasteiger partial charge in [0.1, 0.15) is 23.1 Å². The van der Waals surface area contributed by atoms with E-state index in [1.54, 1.807) is 6.07 Å². The van der Waals surface area contributed by atoms with E-state index in [4.69, 9.17) is 27.9 Å². The number of benzene rings is 1. The van der Waals surface area contributed by atoms with Crippen LogP contribution in [0.25, 0.3) is 0 Å². The van der Waals surface area contributed by atoms with Crippen molar-refractivity contribution in [2.45, 2.75) is 71.1 Å². The first-order chi connectivity index (χ1) is 17.6. The fourth-order valence-corrected chi connectivity index (χ4v) is 5.88. The summed E-state index contributed by atoms with van der Waals surface area (Å²) in [6, 6.07) is 7.79. The Hall–Kier alpha value is -2.76. The van der Waals surface area contributed by atoms with E-state index < -0.39 is 5.60 Å². The molecule has 0 spiro atoms. The Kier molecular flexibility index (Phi) is 8.66. The second-order valence-electron chi connectivity index (χ2n) is 11.0. The van der Waals surface area contributed by atoms with Gasteiger partial charge in [-0.15, -0.1) is 0 Å². The number of alkyl carbamates (subject to hydrolysis) is 1. The van der Waals surface area contributed by atoms with Crippen LogP contribution in [0.4, 0.5) is 16.6 Å². The van der Waals surface area contributed by atoms with E-state index >= 15 is 0 Å². The van der Waals surface area contributed by atoms with Gasteiger partial charge >= 0.3 is 6.09 Å². The summed E-state index contributed by atoms with van der Waals surface area (Å²) >= 11 is 12.4. The number of amides is 1. The van der Waals surface area contributed by atoms with Crippen LogP contribution in [0.5, 0.6) is 0 Å². The minimum Gasteiger partial charge on any atom is -0.444 e. The van der Waals surface area contributed by atoms with Crippen molar-refractivity contribution in [1.29, 1.82) is 5.26 Å². The van der Waals surface area contributed by atoms with Gasteiger partial charge in [-0.3, -0.25) is 0 Å². The molecule has 10 heteroatoms. The largest absolute Gasteiger partial charge is 0.444 e. The van der Waals surface area contributed by atoms with Crippen LogP contribution in [-0.4, -0.2) is 34.2 Å². The Balaban J connectivity index is 1.36. The average molecular weight is 546 g/mol. The Morgan fingerprint density at radius 3 is 2.59 bits per heavy atom. The molecule has 3 N–H and O–H groups in total. The minimum atomic E-state index is -0.510. The summed E-state index contributed by atoms with van der Waals surface area (Å²) in [5.41, 5.74) is 0.719. The van der Waals surface area contributed by atoms with Gasteiger partial charge in [0, 0.05) is 19.1 Å². The number of ether oxygens (including phenoxy) is 1. The fraction of sp³-hybridized carbons (Fsp3) is 0.556. The molecule has 1 aromatic heterocycles. The molecule has 1 aromatic carbocycles. The van der Waals surface area contributed by atoms with E-state index in [1.165, 1.54) is 12.6 Å². The smallest absolute Gasteiger partial charge is 0.407 e. The quantitative estimate of drug-likeness (QED) is 0.369. The number of nitrogens with zero attached hydrogens (tertiary/aromatic N) is 3. The van der Waals surface area contributed by atoms with Crippen molar-refractivity contribution in [2.75, 3.05) is 17.2 Å². The maximum absolute atomic E-state index is 12.4. The number of carbonyl (C=O) groups is 1. The van der Waals surface area contributed by atoms with E-state index in [2.05, 4.69) is 32.0 Å². The molecule has 1 amide bonds. The molecule has 37 heavy (non-hydrogen) atoms. The second kappa shape index (κ2) is 11.7. The highest BCUT2D eigenvalue weighted by atomic mass is 35.5. The third-order valence-electron chi connectivity index (χ3n) is 7.06. The molecule has 8 nitrogen and oxygen atoms in total. The van der Waals surface area contributed by atoms with Crippen LogP contribution in [0.3, 0.4) is 0 Å². The lowest BCUT2D eigenvalue weighted by Crippen LogP contribution is -2.52. The van der Waals surface area contributed by atoms with Crippen molar-refractivity contribution in [3.63, 3.8) is 0 Å². The van der Waals surface area contributed by atoms with E-state index in [9.17, 15) is 10.1 Å². The monoisotopic (exact) mass is 544 g/mol. The summed E-state index contributed by atoms with van der Waals surface area (Å²) < 4.78 is 5.51. The van der Waals surface area contributed by atoms with Gasteiger partial charge in [-0.25, -0.2) is 9.78 Å². The maximum Gasteiger partial charge on any atom is 0.407 e. The molecule has 2 fully saturated rings. The summed E-state index contributed by atoms with van der Waals surface area (Å²) in [4.78, 5) is 21.2. The molecule has 1 heterocycles. The summed E-state index contributed by atoms with van der Waals surface area (Å²) in [5, 5.41) is 20.3. The van der Waals surface area contributed by atoms with Gasteiger partial charge in [-0.05, 0) is 75.8 Å². The van der Waals surface area contributed by atoms with E-state index in [0.29, 0.717) is 58.2 Å². The number of aromatic nitrogens is 2. The van der Waals surface area contributed by atoms with Crippen molar-refractivity contribution < 1.29 is 9.53 Å². The van der Waals surface area contributed by atoms with Gasteiger partial charge in [-0.1, -0.05) is 41.8 Å². The molecular formula is C27H34Cl2N6O2. The van der Waals surface area contributed by atoms with Crippen molar-refractivity contribution >= 4 is 41.1 Å². The van der Waals surface area contributed by atoms with Crippen molar-refractivity contribution in [3.05, 3.63) is 45.6 Å². The SMILES string of the molecule is CC(C)(C)OC(=O)NC1[C@@H]2CCC[C@H]1CC(CNc1nc(NCc3cccc(Cl)c3Cl)ncc1C#N)C2. The van der Waals surface area contributed by atoms with Crippen LogP contribution < -0.4 is 16.0 Å². The number of anilines is 2. The van der Waals surface area contributed by atoms with Crippen LogP contribution in [0.1, 0.15) is 64.0 Å². The van der Waals surface area contributed by atoms with E-state index in [1.807, 2.05) is 32.9 Å². The third kappa shape index (κ3) is 7.18. The van der Waals surface area contributed by atoms with Gasteiger partial charge in [0.15, 0.2) is 0 Å². The topological polar surface area (TPSA) is 112 Å². The lowest BCUT2D eigenvalue weighted by molar-refractivity contribution is 0.0324. The first-order valence-corrected chi connectivity index (χ1v) is 13.6. The standard InChI is InChI=1S/C27H34Cl2N6O2/c1-27(2,3)37-26(36)34-23-17-6-4-7-18(23)11-16(10-17)13-31-24-20(12-30)15-33-25(35-24)32-14-19-8-5-9-21(28)22(19)29/h5,8-9,15-18,23H,4,6-7,10-11,13-14H2,1-3H3,(H,34,36)(H2,31,32,33,35)/t16?,17-,18+,23?. The number of halogens is 2. The van der Waals surface area contributed by atoms with Crippen molar-refractivity contribution in [3.8, 4) is 6.07 Å². The summed E-state index contributed by atoms with van der Waals surface area (Å²) in [6.45, 7) is 6.75. The highest BCUT2D eigenvalue weighted by Crippen LogP contribution is 2.43. The van der Waals surface area contributed by atoms with Crippen LogP contribution in [0, 0.1) is 29.1 Å². The molecule has 0 aliphatic heterocycles. The van der Waals surface area contributed by atoms with E-state index in [-0.39, 0.29) is 12.1 Å². The molecule has 2 unspecified atom stereocenters. The molecule has 0 saturated heterocycles. The molecular weight excluding hydrogens is 511 g/mol. The Morgan fingerprint density at radius 2 is 1.92 bits per heavy atom. The molecule has 2 aliphatic carbocycles. The molecule has 2 aromatic rings. The number of hydrogen-bond acceptors (Lipinski definition) is 7. The van der Waals surface area contributed by atoms with Crippen LogP contribution >= 0.6 is 23.2 Å². The highest BCUT2D eigenvalue weighted by Gasteiger charge is 2.41. The van der Waals surface area contributed by atoms with Gasteiger partial charge in [0.05, 0.1) is 16.2 Å². The lowest BCUT2D eigenvalue weighted by atomic mass is 9.64.